The maximum absolute atomic E-state index is 5.83. The SMILES string of the molecule is Cn1cnc(-c2ccc(COc3cnc4oc(-c5cccnc5)nc4c3)nc2)c1. The molecular weight excluding hydrogens is 368 g/mol. The molecule has 8 heteroatoms. The molecular formula is C21H16N6O2. The van der Waals surface area contributed by atoms with Crippen molar-refractivity contribution in [3.05, 3.63) is 73.3 Å². The van der Waals surface area contributed by atoms with Crippen molar-refractivity contribution < 1.29 is 9.15 Å². The lowest BCUT2D eigenvalue weighted by molar-refractivity contribution is 0.300. The van der Waals surface area contributed by atoms with Crippen LogP contribution in [0.4, 0.5) is 0 Å². The number of hydrogen-bond donors (Lipinski definition) is 0. The summed E-state index contributed by atoms with van der Waals surface area (Å²) < 4.78 is 13.4. The molecule has 8 nitrogen and oxygen atoms in total. The maximum atomic E-state index is 5.83. The zero-order valence-electron chi connectivity index (χ0n) is 15.6. The molecule has 0 radical (unpaired) electrons. The normalized spacial score (nSPS) is 11.1. The van der Waals surface area contributed by atoms with Crippen LogP contribution in [0.15, 0.2) is 72.1 Å². The quantitative estimate of drug-likeness (QED) is 0.457. The van der Waals surface area contributed by atoms with Crippen LogP contribution in [0.3, 0.4) is 0 Å². The Balaban J connectivity index is 1.30. The zero-order valence-corrected chi connectivity index (χ0v) is 15.6. The van der Waals surface area contributed by atoms with Crippen LogP contribution < -0.4 is 4.74 Å². The number of aryl methyl sites for hydroxylation is 1. The minimum atomic E-state index is 0.322. The summed E-state index contributed by atoms with van der Waals surface area (Å²) in [5, 5.41) is 0. The van der Waals surface area contributed by atoms with Crippen molar-refractivity contribution in [1.29, 1.82) is 0 Å². The number of aromatic nitrogens is 6. The largest absolute Gasteiger partial charge is 0.486 e. The first-order chi connectivity index (χ1) is 14.2. The van der Waals surface area contributed by atoms with Gasteiger partial charge in [0.15, 0.2) is 0 Å². The lowest BCUT2D eigenvalue weighted by atomic mass is 10.2. The number of ether oxygens (including phenoxy) is 1. The smallest absolute Gasteiger partial charge is 0.247 e. The van der Waals surface area contributed by atoms with E-state index in [4.69, 9.17) is 9.15 Å². The van der Waals surface area contributed by atoms with E-state index in [0.717, 1.165) is 22.5 Å². The fraction of sp³-hybridized carbons (Fsp3) is 0.0952. The van der Waals surface area contributed by atoms with Crippen LogP contribution in [0.2, 0.25) is 0 Å². The summed E-state index contributed by atoms with van der Waals surface area (Å²) in [4.78, 5) is 21.6. The molecule has 0 spiro atoms. The van der Waals surface area contributed by atoms with Crippen molar-refractivity contribution in [3.8, 4) is 28.5 Å². The molecule has 5 aromatic rings. The highest BCUT2D eigenvalue weighted by molar-refractivity contribution is 5.73. The van der Waals surface area contributed by atoms with Crippen molar-refractivity contribution >= 4 is 11.2 Å². The van der Waals surface area contributed by atoms with E-state index in [0.29, 0.717) is 29.5 Å². The summed E-state index contributed by atoms with van der Waals surface area (Å²) in [6.07, 6.45) is 10.5. The van der Waals surface area contributed by atoms with E-state index in [1.54, 1.807) is 37.2 Å². The Morgan fingerprint density at radius 2 is 2.00 bits per heavy atom. The second-order valence-corrected chi connectivity index (χ2v) is 6.51. The third-order valence-electron chi connectivity index (χ3n) is 4.34. The van der Waals surface area contributed by atoms with Crippen LogP contribution in [0.1, 0.15) is 5.69 Å². The van der Waals surface area contributed by atoms with Crippen LogP contribution >= 0.6 is 0 Å². The predicted molar refractivity (Wildman–Crippen MR) is 106 cm³/mol. The fourth-order valence-corrected chi connectivity index (χ4v) is 2.88. The molecule has 0 aliphatic carbocycles. The van der Waals surface area contributed by atoms with E-state index >= 15 is 0 Å². The third-order valence-corrected chi connectivity index (χ3v) is 4.34. The molecule has 0 fully saturated rings. The summed E-state index contributed by atoms with van der Waals surface area (Å²) in [5.41, 5.74) is 4.53. The van der Waals surface area contributed by atoms with Crippen LogP contribution in [0.5, 0.6) is 5.75 Å². The van der Waals surface area contributed by atoms with E-state index in [-0.39, 0.29) is 0 Å². The lowest BCUT2D eigenvalue weighted by Crippen LogP contribution is -1.98. The number of fused-ring (bicyclic) bond motifs is 1. The van der Waals surface area contributed by atoms with E-state index in [9.17, 15) is 0 Å². The van der Waals surface area contributed by atoms with Crippen LogP contribution in [-0.4, -0.2) is 29.5 Å². The number of rotatable bonds is 5. The Kier molecular flexibility index (Phi) is 4.21. The van der Waals surface area contributed by atoms with Gasteiger partial charge < -0.3 is 13.7 Å². The Labute approximate surface area is 165 Å². The molecule has 0 saturated heterocycles. The first-order valence-corrected chi connectivity index (χ1v) is 8.98. The number of imidazole rings is 1. The molecule has 29 heavy (non-hydrogen) atoms. The highest BCUT2D eigenvalue weighted by atomic mass is 16.5. The number of hydrogen-bond acceptors (Lipinski definition) is 7. The van der Waals surface area contributed by atoms with Gasteiger partial charge >= 0.3 is 0 Å². The summed E-state index contributed by atoms with van der Waals surface area (Å²) in [6.45, 7) is 0.322. The molecule has 5 rings (SSSR count). The molecule has 5 aromatic heterocycles. The average Bonchev–Trinajstić information content (AvgIpc) is 3.39. The molecule has 0 amide bonds. The molecule has 142 valence electrons. The Morgan fingerprint density at radius 3 is 2.76 bits per heavy atom. The third kappa shape index (κ3) is 3.55. The summed E-state index contributed by atoms with van der Waals surface area (Å²) >= 11 is 0. The van der Waals surface area contributed by atoms with E-state index < -0.39 is 0 Å². The monoisotopic (exact) mass is 384 g/mol. The minimum absolute atomic E-state index is 0.322. The van der Waals surface area contributed by atoms with Gasteiger partial charge in [-0.15, -0.1) is 0 Å². The number of pyridine rings is 3. The van der Waals surface area contributed by atoms with Gasteiger partial charge in [-0.1, -0.05) is 0 Å². The zero-order chi connectivity index (χ0) is 19.6. The fourth-order valence-electron chi connectivity index (χ4n) is 2.88. The first-order valence-electron chi connectivity index (χ1n) is 8.98. The van der Waals surface area contributed by atoms with Gasteiger partial charge in [0.1, 0.15) is 17.9 Å². The standard InChI is InChI=1S/C21H16N6O2/c1-27-11-19(25-13-27)14-4-5-16(23-9-14)12-28-17-7-18-21(24-10-17)29-20(26-18)15-3-2-6-22-8-15/h2-11,13H,12H2,1H3. The molecule has 0 aliphatic heterocycles. The first kappa shape index (κ1) is 17.1. The van der Waals surface area contributed by atoms with Crippen LogP contribution in [0, 0.1) is 0 Å². The Morgan fingerprint density at radius 1 is 1.03 bits per heavy atom. The second-order valence-electron chi connectivity index (χ2n) is 6.51. The predicted octanol–water partition coefficient (Wildman–Crippen LogP) is 3.66. The van der Waals surface area contributed by atoms with Gasteiger partial charge in [-0.05, 0) is 24.3 Å². The Bertz CT molecular complexity index is 1260. The maximum Gasteiger partial charge on any atom is 0.247 e. The lowest BCUT2D eigenvalue weighted by Gasteiger charge is -2.05. The highest BCUT2D eigenvalue weighted by Crippen LogP contribution is 2.25. The summed E-state index contributed by atoms with van der Waals surface area (Å²) in [6, 6.07) is 9.42. The molecule has 0 aromatic carbocycles. The Hall–Kier alpha value is -4.07. The van der Waals surface area contributed by atoms with Crippen LogP contribution in [0.25, 0.3) is 33.9 Å². The van der Waals surface area contributed by atoms with Gasteiger partial charge in [0, 0.05) is 43.5 Å². The van der Waals surface area contributed by atoms with Crippen molar-refractivity contribution in [2.45, 2.75) is 6.61 Å². The van der Waals surface area contributed by atoms with E-state index in [1.807, 2.05) is 42.1 Å². The summed E-state index contributed by atoms with van der Waals surface area (Å²) in [7, 11) is 1.94. The van der Waals surface area contributed by atoms with Gasteiger partial charge in [0.05, 0.1) is 29.5 Å². The van der Waals surface area contributed by atoms with E-state index in [2.05, 4.69) is 24.9 Å². The van der Waals surface area contributed by atoms with Crippen molar-refractivity contribution in [2.24, 2.45) is 7.05 Å². The van der Waals surface area contributed by atoms with Crippen molar-refractivity contribution in [2.75, 3.05) is 0 Å². The molecule has 0 atom stereocenters. The average molecular weight is 384 g/mol. The minimum Gasteiger partial charge on any atom is -0.486 e. The molecule has 0 aliphatic rings. The van der Waals surface area contributed by atoms with E-state index in [1.165, 1.54) is 0 Å². The molecule has 0 unspecified atom stereocenters. The molecule has 5 heterocycles. The summed E-state index contributed by atoms with van der Waals surface area (Å²) in [5.74, 6) is 1.07. The highest BCUT2D eigenvalue weighted by Gasteiger charge is 2.11. The molecule has 0 N–H and O–H groups in total. The number of oxazole rings is 1. The van der Waals surface area contributed by atoms with Gasteiger partial charge in [0.2, 0.25) is 11.6 Å². The van der Waals surface area contributed by atoms with Gasteiger partial charge in [-0.25, -0.2) is 15.0 Å². The second kappa shape index (κ2) is 7.16. The molecule has 0 saturated carbocycles. The van der Waals surface area contributed by atoms with Gasteiger partial charge in [-0.3, -0.25) is 9.97 Å². The van der Waals surface area contributed by atoms with Crippen molar-refractivity contribution in [3.63, 3.8) is 0 Å². The topological polar surface area (TPSA) is 91.8 Å². The van der Waals surface area contributed by atoms with Crippen molar-refractivity contribution in [1.82, 2.24) is 29.5 Å². The van der Waals surface area contributed by atoms with Crippen LogP contribution in [-0.2, 0) is 13.7 Å². The van der Waals surface area contributed by atoms with Gasteiger partial charge in [-0.2, -0.15) is 0 Å². The number of nitrogens with zero attached hydrogens (tertiary/aromatic N) is 6. The molecule has 0 bridgehead atoms. The van der Waals surface area contributed by atoms with Gasteiger partial charge in [0.25, 0.3) is 0 Å².